The number of sulfone groups is 1. The molecule has 0 aromatic heterocycles. The minimum atomic E-state index is -3.45. The van der Waals surface area contributed by atoms with Gasteiger partial charge in [-0.1, -0.05) is 13.0 Å². The maximum absolute atomic E-state index is 12.0. The number of benzene rings is 1. The molecule has 0 bridgehead atoms. The molecular formula is C14H20N2O4S. The molecule has 1 aromatic rings. The number of carbonyl (C=O) groups excluding carboxylic acids is 2. The van der Waals surface area contributed by atoms with Gasteiger partial charge in [0.1, 0.15) is 5.25 Å². The molecule has 2 N–H and O–H groups in total. The molecule has 1 aromatic carbocycles. The Morgan fingerprint density at radius 3 is 2.43 bits per heavy atom. The van der Waals surface area contributed by atoms with Crippen LogP contribution in [0.4, 0.5) is 5.69 Å². The highest BCUT2D eigenvalue weighted by Crippen LogP contribution is 2.18. The number of amides is 2. The molecule has 0 spiro atoms. The average molecular weight is 312 g/mol. The van der Waals surface area contributed by atoms with E-state index in [1.165, 1.54) is 27.0 Å². The van der Waals surface area contributed by atoms with E-state index in [0.29, 0.717) is 11.3 Å². The van der Waals surface area contributed by atoms with E-state index >= 15 is 0 Å². The summed E-state index contributed by atoms with van der Waals surface area (Å²) in [6.07, 6.45) is 0. The molecule has 0 heterocycles. The van der Waals surface area contributed by atoms with Crippen molar-refractivity contribution in [3.05, 3.63) is 29.3 Å². The highest BCUT2D eigenvalue weighted by molar-refractivity contribution is 7.92. The van der Waals surface area contributed by atoms with Gasteiger partial charge in [-0.2, -0.15) is 0 Å². The third-order valence-corrected chi connectivity index (χ3v) is 5.39. The fourth-order valence-corrected chi connectivity index (χ4v) is 2.57. The third kappa shape index (κ3) is 4.04. The Morgan fingerprint density at radius 2 is 1.90 bits per heavy atom. The van der Waals surface area contributed by atoms with E-state index < -0.39 is 21.0 Å². The van der Waals surface area contributed by atoms with E-state index in [4.69, 9.17) is 0 Å². The summed E-state index contributed by atoms with van der Waals surface area (Å²) in [5.41, 5.74) is 1.57. The molecule has 21 heavy (non-hydrogen) atoms. The number of hydrogen-bond donors (Lipinski definition) is 2. The Morgan fingerprint density at radius 1 is 1.29 bits per heavy atom. The van der Waals surface area contributed by atoms with E-state index in [1.807, 2.05) is 0 Å². The van der Waals surface area contributed by atoms with Crippen LogP contribution in [0.1, 0.15) is 29.8 Å². The first-order valence-corrected chi connectivity index (χ1v) is 8.29. The zero-order valence-corrected chi connectivity index (χ0v) is 13.4. The molecule has 0 radical (unpaired) electrons. The normalized spacial score (nSPS) is 12.6. The summed E-state index contributed by atoms with van der Waals surface area (Å²) in [7, 11) is -1.94. The van der Waals surface area contributed by atoms with E-state index in [2.05, 4.69) is 10.6 Å². The number of aryl methyl sites for hydroxylation is 1. The molecule has 2 amide bonds. The first-order valence-electron chi connectivity index (χ1n) is 6.58. The van der Waals surface area contributed by atoms with E-state index in [9.17, 15) is 18.0 Å². The van der Waals surface area contributed by atoms with Crippen LogP contribution >= 0.6 is 0 Å². The van der Waals surface area contributed by atoms with Crippen LogP contribution in [-0.2, 0) is 14.6 Å². The highest BCUT2D eigenvalue weighted by atomic mass is 32.2. The molecule has 0 aliphatic rings. The molecule has 6 nitrogen and oxygen atoms in total. The molecular weight excluding hydrogens is 292 g/mol. The summed E-state index contributed by atoms with van der Waals surface area (Å²) in [5.74, 6) is -0.979. The minimum Gasteiger partial charge on any atom is -0.355 e. The lowest BCUT2D eigenvalue weighted by molar-refractivity contribution is -0.115. The summed E-state index contributed by atoms with van der Waals surface area (Å²) in [6, 6.07) is 4.85. The maximum atomic E-state index is 12.0. The predicted molar refractivity (Wildman–Crippen MR) is 82.1 cm³/mol. The summed E-state index contributed by atoms with van der Waals surface area (Å²) in [5, 5.41) is 3.93. The van der Waals surface area contributed by atoms with Gasteiger partial charge in [0, 0.05) is 24.1 Å². The molecule has 7 heteroatoms. The predicted octanol–water partition coefficient (Wildman–Crippen LogP) is 1.12. The van der Waals surface area contributed by atoms with Crippen molar-refractivity contribution in [1.29, 1.82) is 0 Å². The summed E-state index contributed by atoms with van der Waals surface area (Å²) in [6.45, 7) is 4.62. The smallest absolute Gasteiger partial charge is 0.251 e. The Labute approximate surface area is 124 Å². The van der Waals surface area contributed by atoms with Crippen molar-refractivity contribution >= 4 is 27.3 Å². The number of anilines is 1. The van der Waals surface area contributed by atoms with Gasteiger partial charge < -0.3 is 10.6 Å². The van der Waals surface area contributed by atoms with Gasteiger partial charge in [0.05, 0.1) is 0 Å². The lowest BCUT2D eigenvalue weighted by atomic mass is 10.1. The topological polar surface area (TPSA) is 92.3 Å². The van der Waals surface area contributed by atoms with Crippen LogP contribution in [0.2, 0.25) is 0 Å². The zero-order chi connectivity index (χ0) is 16.2. The molecule has 0 aliphatic heterocycles. The summed E-state index contributed by atoms with van der Waals surface area (Å²) >= 11 is 0. The summed E-state index contributed by atoms with van der Waals surface area (Å²) < 4.78 is 23.4. The number of rotatable bonds is 5. The van der Waals surface area contributed by atoms with Crippen molar-refractivity contribution in [1.82, 2.24) is 5.32 Å². The lowest BCUT2D eigenvalue weighted by Gasteiger charge is -2.14. The van der Waals surface area contributed by atoms with Crippen LogP contribution in [0.25, 0.3) is 0 Å². The fourth-order valence-electron chi connectivity index (χ4n) is 1.69. The molecule has 1 unspecified atom stereocenters. The van der Waals surface area contributed by atoms with E-state index in [0.717, 1.165) is 5.56 Å². The second-order valence-corrected chi connectivity index (χ2v) is 7.30. The molecule has 0 saturated carbocycles. The number of carbonyl (C=O) groups is 2. The van der Waals surface area contributed by atoms with Crippen molar-refractivity contribution in [3.8, 4) is 0 Å². The highest BCUT2D eigenvalue weighted by Gasteiger charge is 2.26. The SMILES string of the molecule is CCS(=O)(=O)C(C)C(=O)Nc1cc(C(=O)NC)ccc1C. The molecule has 0 saturated heterocycles. The van der Waals surface area contributed by atoms with Gasteiger partial charge in [0.25, 0.3) is 5.91 Å². The third-order valence-electron chi connectivity index (χ3n) is 3.29. The Bertz CT molecular complexity index is 653. The first-order chi connectivity index (χ1) is 9.72. The van der Waals surface area contributed by atoms with Crippen molar-refractivity contribution in [2.45, 2.75) is 26.0 Å². The van der Waals surface area contributed by atoms with Crippen LogP contribution < -0.4 is 10.6 Å². The standard InChI is InChI=1S/C14H20N2O4S/c1-5-21(19,20)10(3)13(17)16-12-8-11(14(18)15-4)7-6-9(12)2/h6-8,10H,5H2,1-4H3,(H,15,18)(H,16,17). The van der Waals surface area contributed by atoms with Gasteiger partial charge in [0.2, 0.25) is 5.91 Å². The van der Waals surface area contributed by atoms with Crippen molar-refractivity contribution in [2.24, 2.45) is 0 Å². The number of nitrogens with one attached hydrogen (secondary N) is 2. The zero-order valence-electron chi connectivity index (χ0n) is 12.6. The maximum Gasteiger partial charge on any atom is 0.251 e. The molecule has 0 fully saturated rings. The number of hydrogen-bond acceptors (Lipinski definition) is 4. The molecule has 116 valence electrons. The average Bonchev–Trinajstić information content (AvgIpc) is 2.47. The second-order valence-electron chi connectivity index (χ2n) is 4.69. The van der Waals surface area contributed by atoms with Gasteiger partial charge >= 0.3 is 0 Å². The quantitative estimate of drug-likeness (QED) is 0.852. The van der Waals surface area contributed by atoms with Crippen LogP contribution in [0, 0.1) is 6.92 Å². The summed E-state index contributed by atoms with van der Waals surface area (Å²) in [4.78, 5) is 23.6. The van der Waals surface area contributed by atoms with Crippen LogP contribution in [-0.4, -0.2) is 38.3 Å². The van der Waals surface area contributed by atoms with Gasteiger partial charge in [-0.05, 0) is 31.5 Å². The van der Waals surface area contributed by atoms with Gasteiger partial charge in [-0.15, -0.1) is 0 Å². The lowest BCUT2D eigenvalue weighted by Crippen LogP contribution is -2.33. The minimum absolute atomic E-state index is 0.0984. The van der Waals surface area contributed by atoms with Gasteiger partial charge in [-0.3, -0.25) is 9.59 Å². The van der Waals surface area contributed by atoms with Crippen LogP contribution in [0.5, 0.6) is 0 Å². The Kier molecular flexibility index (Phi) is 5.48. The molecule has 0 aliphatic carbocycles. The van der Waals surface area contributed by atoms with Crippen LogP contribution in [0.3, 0.4) is 0 Å². The van der Waals surface area contributed by atoms with Crippen LogP contribution in [0.15, 0.2) is 18.2 Å². The van der Waals surface area contributed by atoms with Crippen molar-refractivity contribution < 1.29 is 18.0 Å². The van der Waals surface area contributed by atoms with Gasteiger partial charge in [-0.25, -0.2) is 8.42 Å². The van der Waals surface area contributed by atoms with Crippen molar-refractivity contribution in [3.63, 3.8) is 0 Å². The first kappa shape index (κ1) is 17.2. The van der Waals surface area contributed by atoms with Gasteiger partial charge in [0.15, 0.2) is 9.84 Å². The largest absolute Gasteiger partial charge is 0.355 e. The van der Waals surface area contributed by atoms with Crippen molar-refractivity contribution in [2.75, 3.05) is 18.1 Å². The Balaban J connectivity index is 3.02. The fraction of sp³-hybridized carbons (Fsp3) is 0.429. The monoisotopic (exact) mass is 312 g/mol. The Hall–Kier alpha value is -1.89. The van der Waals surface area contributed by atoms with E-state index in [-0.39, 0.29) is 11.7 Å². The second kappa shape index (κ2) is 6.71. The molecule has 1 atom stereocenters. The molecule has 1 rings (SSSR count). The van der Waals surface area contributed by atoms with E-state index in [1.54, 1.807) is 19.1 Å².